The van der Waals surface area contributed by atoms with E-state index in [4.69, 9.17) is 33.2 Å². The first kappa shape index (κ1) is 48.2. The molecule has 0 aliphatic heterocycles. The molecule has 0 aliphatic carbocycles. The molecule has 10 nitrogen and oxygen atoms in total. The van der Waals surface area contributed by atoms with E-state index in [1.807, 2.05) is 20.8 Å². The molecule has 0 amide bonds. The van der Waals surface area contributed by atoms with E-state index in [-0.39, 0.29) is 56.4 Å². The predicted molar refractivity (Wildman–Crippen MR) is 198 cm³/mol. The lowest BCUT2D eigenvalue weighted by molar-refractivity contribution is -0.169. The Morgan fingerprint density at radius 3 is 1.60 bits per heavy atom. The summed E-state index contributed by atoms with van der Waals surface area (Å²) in [5, 5.41) is 0. The van der Waals surface area contributed by atoms with Crippen molar-refractivity contribution in [2.45, 2.75) is 201 Å². The number of rotatable bonds is 38. The highest BCUT2D eigenvalue weighted by atomic mass is 16.7. The smallest absolute Gasteiger partial charge is 0.305 e. The summed E-state index contributed by atoms with van der Waals surface area (Å²) in [5.74, 6) is -0.500. The van der Waals surface area contributed by atoms with Gasteiger partial charge in [-0.3, -0.25) is 14.4 Å². The molecular weight excluding hydrogens is 640 g/mol. The van der Waals surface area contributed by atoms with Gasteiger partial charge in [0.2, 0.25) is 0 Å². The van der Waals surface area contributed by atoms with Gasteiger partial charge < -0.3 is 33.2 Å². The summed E-state index contributed by atoms with van der Waals surface area (Å²) in [7, 11) is 0. The maximum atomic E-state index is 12.2. The van der Waals surface area contributed by atoms with Gasteiger partial charge in [0.15, 0.2) is 0 Å². The minimum absolute atomic E-state index is 0.109. The summed E-state index contributed by atoms with van der Waals surface area (Å²) in [4.78, 5) is 35.9. The molecule has 0 radical (unpaired) electrons. The van der Waals surface area contributed by atoms with Gasteiger partial charge in [-0.2, -0.15) is 0 Å². The molecule has 0 aliphatic rings. The lowest BCUT2D eigenvalue weighted by Crippen LogP contribution is -2.34. The maximum absolute atomic E-state index is 12.2. The van der Waals surface area contributed by atoms with Crippen molar-refractivity contribution in [3.8, 4) is 0 Å². The van der Waals surface area contributed by atoms with Crippen LogP contribution >= 0.6 is 0 Å². The molecule has 50 heavy (non-hydrogen) atoms. The Morgan fingerprint density at radius 2 is 1.00 bits per heavy atom. The lowest BCUT2D eigenvalue weighted by atomic mass is 9.99. The van der Waals surface area contributed by atoms with Crippen LogP contribution in [0.3, 0.4) is 0 Å². The molecule has 0 aromatic heterocycles. The summed E-state index contributed by atoms with van der Waals surface area (Å²) >= 11 is 0. The van der Waals surface area contributed by atoms with Crippen LogP contribution in [0.15, 0.2) is 0 Å². The molecule has 3 atom stereocenters. The fraction of sp³-hybridized carbons (Fsp3) is 0.925. The Morgan fingerprint density at radius 1 is 0.480 bits per heavy atom. The summed E-state index contributed by atoms with van der Waals surface area (Å²) in [6, 6.07) is 0. The van der Waals surface area contributed by atoms with E-state index < -0.39 is 0 Å². The van der Waals surface area contributed by atoms with E-state index >= 15 is 0 Å². The largest absolute Gasteiger partial charge is 0.466 e. The minimum Gasteiger partial charge on any atom is -0.466 e. The topological polar surface area (TPSA) is 116 Å². The van der Waals surface area contributed by atoms with E-state index in [1.165, 1.54) is 32.1 Å². The highest BCUT2D eigenvalue weighted by molar-refractivity contribution is 5.69. The van der Waals surface area contributed by atoms with Crippen molar-refractivity contribution in [1.29, 1.82) is 0 Å². The van der Waals surface area contributed by atoms with Crippen molar-refractivity contribution < 1.29 is 47.5 Å². The van der Waals surface area contributed by atoms with Crippen LogP contribution in [0, 0.1) is 0 Å². The third-order valence-electron chi connectivity index (χ3n) is 8.76. The fourth-order valence-corrected chi connectivity index (χ4v) is 5.61. The average molecular weight is 717 g/mol. The molecule has 0 aromatic carbocycles. The standard InChI is InChI=1S/C40H76O10/c1-6-11-12-13-18-23-28-36(49-34-45-10-5)37(50-39(42)8-3)29-24-19-14-15-21-26-31-46-40(43)30-25-20-16-17-22-27-35(48-33-44-9-4)32-47-38(41)7-2/h35-37H,6-34H2,1-5H3. The highest BCUT2D eigenvalue weighted by Crippen LogP contribution is 2.21. The third-order valence-corrected chi connectivity index (χ3v) is 8.76. The van der Waals surface area contributed by atoms with Gasteiger partial charge in [-0.25, -0.2) is 0 Å². The molecule has 0 spiro atoms. The first-order valence-corrected chi connectivity index (χ1v) is 20.3. The van der Waals surface area contributed by atoms with E-state index in [0.717, 1.165) is 96.3 Å². The van der Waals surface area contributed by atoms with E-state index in [0.29, 0.717) is 39.1 Å². The molecule has 0 bridgehead atoms. The monoisotopic (exact) mass is 717 g/mol. The predicted octanol–water partition coefficient (Wildman–Crippen LogP) is 9.78. The number of unbranched alkanes of at least 4 members (excludes halogenated alkanes) is 14. The maximum Gasteiger partial charge on any atom is 0.305 e. The van der Waals surface area contributed by atoms with Crippen LogP contribution in [-0.2, 0) is 47.5 Å². The van der Waals surface area contributed by atoms with Crippen molar-refractivity contribution in [3.63, 3.8) is 0 Å². The highest BCUT2D eigenvalue weighted by Gasteiger charge is 2.25. The Hall–Kier alpha value is -1.75. The number of hydrogen-bond acceptors (Lipinski definition) is 10. The number of esters is 3. The van der Waals surface area contributed by atoms with Gasteiger partial charge in [0.1, 0.15) is 26.3 Å². The van der Waals surface area contributed by atoms with Gasteiger partial charge in [-0.05, 0) is 52.4 Å². The minimum atomic E-state index is -0.237. The summed E-state index contributed by atoms with van der Waals surface area (Å²) in [6.45, 7) is 12.1. The number of carbonyl (C=O) groups excluding carboxylic acids is 3. The van der Waals surface area contributed by atoms with Crippen molar-refractivity contribution in [2.75, 3.05) is 40.0 Å². The third kappa shape index (κ3) is 31.0. The Kier molecular flexibility index (Phi) is 35.7. The Balaban J connectivity index is 4.13. The Labute approximate surface area is 305 Å². The van der Waals surface area contributed by atoms with Crippen LogP contribution in [0.25, 0.3) is 0 Å². The van der Waals surface area contributed by atoms with Gasteiger partial charge in [0, 0.05) is 32.5 Å². The molecule has 0 heterocycles. The first-order chi connectivity index (χ1) is 24.4. The lowest BCUT2D eigenvalue weighted by Gasteiger charge is -2.27. The number of carbonyl (C=O) groups is 3. The van der Waals surface area contributed by atoms with Crippen molar-refractivity contribution in [3.05, 3.63) is 0 Å². The van der Waals surface area contributed by atoms with Gasteiger partial charge in [0.05, 0.1) is 18.8 Å². The van der Waals surface area contributed by atoms with Gasteiger partial charge >= 0.3 is 17.9 Å². The number of ether oxygens (including phenoxy) is 7. The van der Waals surface area contributed by atoms with Crippen LogP contribution in [0.4, 0.5) is 0 Å². The van der Waals surface area contributed by atoms with Crippen LogP contribution in [0.5, 0.6) is 0 Å². The van der Waals surface area contributed by atoms with Gasteiger partial charge in [-0.15, -0.1) is 0 Å². The summed E-state index contributed by atoms with van der Waals surface area (Å²) in [5.41, 5.74) is 0. The van der Waals surface area contributed by atoms with Crippen LogP contribution in [0.2, 0.25) is 0 Å². The fourth-order valence-electron chi connectivity index (χ4n) is 5.61. The first-order valence-electron chi connectivity index (χ1n) is 20.3. The second kappa shape index (κ2) is 37.0. The molecule has 0 fully saturated rings. The molecule has 296 valence electrons. The zero-order valence-corrected chi connectivity index (χ0v) is 32.8. The van der Waals surface area contributed by atoms with E-state index in [1.54, 1.807) is 6.92 Å². The quantitative estimate of drug-likeness (QED) is 0.0265. The molecule has 0 rings (SSSR count). The van der Waals surface area contributed by atoms with Crippen LogP contribution in [-0.4, -0.2) is 76.2 Å². The molecule has 0 N–H and O–H groups in total. The second-order valence-corrected chi connectivity index (χ2v) is 13.1. The second-order valence-electron chi connectivity index (χ2n) is 13.1. The molecule has 3 unspecified atom stereocenters. The van der Waals surface area contributed by atoms with E-state index in [2.05, 4.69) is 6.92 Å². The molecule has 10 heteroatoms. The zero-order valence-electron chi connectivity index (χ0n) is 32.8. The average Bonchev–Trinajstić information content (AvgIpc) is 3.12. The SMILES string of the molecule is CCCCCCCCC(OCOCC)C(CCCCCCCCOC(=O)CCCCCCCC(COC(=O)CC)OCOCC)OC(=O)CC. The summed E-state index contributed by atoms with van der Waals surface area (Å²) in [6.07, 6.45) is 21.5. The van der Waals surface area contributed by atoms with E-state index in [9.17, 15) is 14.4 Å². The van der Waals surface area contributed by atoms with Crippen molar-refractivity contribution >= 4 is 17.9 Å². The van der Waals surface area contributed by atoms with Gasteiger partial charge in [0.25, 0.3) is 0 Å². The zero-order chi connectivity index (χ0) is 36.9. The van der Waals surface area contributed by atoms with Crippen LogP contribution < -0.4 is 0 Å². The molecule has 0 saturated carbocycles. The van der Waals surface area contributed by atoms with Crippen molar-refractivity contribution in [2.24, 2.45) is 0 Å². The molecule has 0 saturated heterocycles. The van der Waals surface area contributed by atoms with Gasteiger partial charge in [-0.1, -0.05) is 111 Å². The molecule has 0 aromatic rings. The number of hydrogen-bond donors (Lipinski definition) is 0. The van der Waals surface area contributed by atoms with Crippen LogP contribution in [0.1, 0.15) is 182 Å². The van der Waals surface area contributed by atoms with Crippen molar-refractivity contribution in [1.82, 2.24) is 0 Å². The molecular formula is C40H76O10. The summed E-state index contributed by atoms with van der Waals surface area (Å²) < 4.78 is 39.1. The normalized spacial score (nSPS) is 13.1. The Bertz CT molecular complexity index is 777.